The van der Waals surface area contributed by atoms with Gasteiger partial charge in [-0.25, -0.2) is 0 Å². The predicted octanol–water partition coefficient (Wildman–Crippen LogP) is 2.44. The van der Waals surface area contributed by atoms with Gasteiger partial charge >= 0.3 is 0 Å². The van der Waals surface area contributed by atoms with E-state index in [-0.39, 0.29) is 17.9 Å². The van der Waals surface area contributed by atoms with Crippen molar-refractivity contribution in [2.24, 2.45) is 5.92 Å². The minimum Gasteiger partial charge on any atom is -0.383 e. The Morgan fingerprint density at radius 2 is 2.22 bits per heavy atom. The zero-order chi connectivity index (χ0) is 13.7. The number of nitrogens with one attached hydrogen (secondary N) is 1. The van der Waals surface area contributed by atoms with E-state index in [2.05, 4.69) is 10.3 Å². The highest BCUT2D eigenvalue weighted by Gasteiger charge is 2.18. The summed E-state index contributed by atoms with van der Waals surface area (Å²) in [6.45, 7) is 6.35. The van der Waals surface area contributed by atoms with Gasteiger partial charge in [-0.3, -0.25) is 9.78 Å². The maximum atomic E-state index is 12.1. The molecule has 0 saturated heterocycles. The first kappa shape index (κ1) is 14.9. The summed E-state index contributed by atoms with van der Waals surface area (Å²) in [5.74, 6) is 0.0642. The molecule has 1 rings (SSSR count). The Labute approximate surface area is 113 Å². The standard InChI is InChI=1S/C13H19ClN2O2/c1-8(2)12(7-18-4)16-13(17)10-6-15-9(3)5-11(10)14/h5-6,8,12H,7H2,1-4H3,(H,16,17). The molecule has 4 nitrogen and oxygen atoms in total. The van der Waals surface area contributed by atoms with Gasteiger partial charge in [0.2, 0.25) is 0 Å². The van der Waals surface area contributed by atoms with Gasteiger partial charge < -0.3 is 10.1 Å². The normalized spacial score (nSPS) is 12.6. The fourth-order valence-corrected chi connectivity index (χ4v) is 1.81. The number of hydrogen-bond acceptors (Lipinski definition) is 3. The molecule has 0 saturated carbocycles. The Balaban J connectivity index is 2.80. The van der Waals surface area contributed by atoms with E-state index in [1.165, 1.54) is 6.20 Å². The molecular formula is C13H19ClN2O2. The molecule has 1 aromatic heterocycles. The fraction of sp³-hybridized carbons (Fsp3) is 0.538. The lowest BCUT2D eigenvalue weighted by molar-refractivity contribution is 0.0866. The first-order valence-electron chi connectivity index (χ1n) is 5.87. The number of ether oxygens (including phenoxy) is 1. The Kier molecular flexibility index (Phi) is 5.56. The van der Waals surface area contributed by atoms with Crippen LogP contribution in [0.3, 0.4) is 0 Å². The Bertz CT molecular complexity index is 421. The van der Waals surface area contributed by atoms with Crippen LogP contribution in [0, 0.1) is 12.8 Å². The van der Waals surface area contributed by atoms with Crippen molar-refractivity contribution in [2.45, 2.75) is 26.8 Å². The van der Waals surface area contributed by atoms with Gasteiger partial charge in [0.15, 0.2) is 0 Å². The first-order chi connectivity index (χ1) is 8.45. The van der Waals surface area contributed by atoms with Crippen LogP contribution in [-0.4, -0.2) is 30.6 Å². The minimum atomic E-state index is -0.219. The van der Waals surface area contributed by atoms with Gasteiger partial charge in [0, 0.05) is 19.0 Å². The van der Waals surface area contributed by atoms with Crippen molar-refractivity contribution in [1.82, 2.24) is 10.3 Å². The number of amides is 1. The van der Waals surface area contributed by atoms with Crippen LogP contribution in [0.2, 0.25) is 5.02 Å². The van der Waals surface area contributed by atoms with Gasteiger partial charge in [-0.1, -0.05) is 25.4 Å². The SMILES string of the molecule is COCC(NC(=O)c1cnc(C)cc1Cl)C(C)C. The van der Waals surface area contributed by atoms with Crippen molar-refractivity contribution in [3.63, 3.8) is 0 Å². The van der Waals surface area contributed by atoms with Gasteiger partial charge in [0.1, 0.15) is 0 Å². The molecule has 100 valence electrons. The van der Waals surface area contributed by atoms with Crippen molar-refractivity contribution < 1.29 is 9.53 Å². The van der Waals surface area contributed by atoms with Gasteiger partial charge in [-0.05, 0) is 18.9 Å². The Hall–Kier alpha value is -1.13. The molecule has 0 fully saturated rings. The smallest absolute Gasteiger partial charge is 0.254 e. The molecule has 1 N–H and O–H groups in total. The quantitative estimate of drug-likeness (QED) is 0.894. The van der Waals surface area contributed by atoms with E-state index in [9.17, 15) is 4.79 Å². The number of hydrogen-bond donors (Lipinski definition) is 1. The number of carbonyl (C=O) groups excluding carboxylic acids is 1. The van der Waals surface area contributed by atoms with Gasteiger partial charge in [-0.15, -0.1) is 0 Å². The summed E-state index contributed by atoms with van der Waals surface area (Å²) < 4.78 is 5.09. The molecule has 0 aliphatic carbocycles. The topological polar surface area (TPSA) is 51.2 Å². The zero-order valence-corrected chi connectivity index (χ0v) is 11.9. The van der Waals surface area contributed by atoms with Gasteiger partial charge in [0.05, 0.1) is 23.2 Å². The van der Waals surface area contributed by atoms with E-state index in [0.717, 1.165) is 5.69 Å². The average Bonchev–Trinajstić information content (AvgIpc) is 2.27. The average molecular weight is 271 g/mol. The second kappa shape index (κ2) is 6.71. The number of pyridine rings is 1. The van der Waals surface area contributed by atoms with Crippen LogP contribution in [0.1, 0.15) is 29.9 Å². The summed E-state index contributed by atoms with van der Waals surface area (Å²) in [5.41, 5.74) is 1.18. The maximum absolute atomic E-state index is 12.1. The monoisotopic (exact) mass is 270 g/mol. The number of methoxy groups -OCH3 is 1. The Morgan fingerprint density at radius 1 is 1.56 bits per heavy atom. The van der Waals surface area contributed by atoms with E-state index in [4.69, 9.17) is 16.3 Å². The molecule has 1 heterocycles. The van der Waals surface area contributed by atoms with Crippen LogP contribution in [0.15, 0.2) is 12.3 Å². The molecule has 1 amide bonds. The van der Waals surface area contributed by atoms with Crippen molar-refractivity contribution in [3.8, 4) is 0 Å². The summed E-state index contributed by atoms with van der Waals surface area (Å²) >= 11 is 6.03. The van der Waals surface area contributed by atoms with E-state index < -0.39 is 0 Å². The molecule has 0 aromatic carbocycles. The molecular weight excluding hydrogens is 252 g/mol. The number of nitrogens with zero attached hydrogens (tertiary/aromatic N) is 1. The van der Waals surface area contributed by atoms with Crippen molar-refractivity contribution in [2.75, 3.05) is 13.7 Å². The molecule has 1 aromatic rings. The van der Waals surface area contributed by atoms with Crippen LogP contribution in [-0.2, 0) is 4.74 Å². The molecule has 1 unspecified atom stereocenters. The molecule has 0 aliphatic heterocycles. The van der Waals surface area contributed by atoms with Crippen LogP contribution >= 0.6 is 11.6 Å². The zero-order valence-electron chi connectivity index (χ0n) is 11.2. The number of rotatable bonds is 5. The first-order valence-corrected chi connectivity index (χ1v) is 6.25. The highest BCUT2D eigenvalue weighted by atomic mass is 35.5. The number of aryl methyl sites for hydroxylation is 1. The summed E-state index contributed by atoms with van der Waals surface area (Å²) in [4.78, 5) is 16.2. The van der Waals surface area contributed by atoms with Gasteiger partial charge in [0.25, 0.3) is 5.91 Å². The van der Waals surface area contributed by atoms with Crippen LogP contribution in [0.25, 0.3) is 0 Å². The lowest BCUT2D eigenvalue weighted by atomic mass is 10.0. The number of halogens is 1. The Morgan fingerprint density at radius 3 is 2.72 bits per heavy atom. The van der Waals surface area contributed by atoms with Crippen molar-refractivity contribution >= 4 is 17.5 Å². The predicted molar refractivity (Wildman–Crippen MR) is 72.0 cm³/mol. The lowest BCUT2D eigenvalue weighted by Gasteiger charge is -2.21. The molecule has 18 heavy (non-hydrogen) atoms. The van der Waals surface area contributed by atoms with Crippen LogP contribution in [0.5, 0.6) is 0 Å². The molecule has 1 atom stereocenters. The van der Waals surface area contributed by atoms with E-state index in [1.807, 2.05) is 20.8 Å². The third kappa shape index (κ3) is 3.96. The summed E-state index contributed by atoms with van der Waals surface area (Å²) in [6, 6.07) is 1.64. The highest BCUT2D eigenvalue weighted by Crippen LogP contribution is 2.16. The van der Waals surface area contributed by atoms with Crippen LogP contribution in [0.4, 0.5) is 0 Å². The van der Waals surface area contributed by atoms with E-state index in [0.29, 0.717) is 17.2 Å². The fourth-order valence-electron chi connectivity index (χ4n) is 1.52. The number of carbonyl (C=O) groups is 1. The third-order valence-electron chi connectivity index (χ3n) is 2.70. The molecule has 0 bridgehead atoms. The summed E-state index contributed by atoms with van der Waals surface area (Å²) in [6.07, 6.45) is 1.50. The van der Waals surface area contributed by atoms with Crippen LogP contribution < -0.4 is 5.32 Å². The summed E-state index contributed by atoms with van der Waals surface area (Å²) in [5, 5.41) is 3.32. The summed E-state index contributed by atoms with van der Waals surface area (Å²) in [7, 11) is 1.61. The van der Waals surface area contributed by atoms with Crippen molar-refractivity contribution in [3.05, 3.63) is 28.5 Å². The molecule has 0 radical (unpaired) electrons. The minimum absolute atomic E-state index is 0.0418. The molecule has 5 heteroatoms. The van der Waals surface area contributed by atoms with E-state index >= 15 is 0 Å². The molecule has 0 spiro atoms. The largest absolute Gasteiger partial charge is 0.383 e. The molecule has 0 aliphatic rings. The lowest BCUT2D eigenvalue weighted by Crippen LogP contribution is -2.41. The maximum Gasteiger partial charge on any atom is 0.254 e. The second-order valence-electron chi connectivity index (χ2n) is 4.58. The second-order valence-corrected chi connectivity index (χ2v) is 4.99. The number of aromatic nitrogens is 1. The third-order valence-corrected chi connectivity index (χ3v) is 3.01. The van der Waals surface area contributed by atoms with E-state index in [1.54, 1.807) is 13.2 Å². The highest BCUT2D eigenvalue weighted by molar-refractivity contribution is 6.33. The van der Waals surface area contributed by atoms with Crippen molar-refractivity contribution in [1.29, 1.82) is 0 Å². The van der Waals surface area contributed by atoms with Gasteiger partial charge in [-0.2, -0.15) is 0 Å².